The molecule has 5 aromatic rings. The molecule has 2 fully saturated rings. The molecule has 0 spiro atoms. The first-order chi connectivity index (χ1) is 28.8. The van der Waals surface area contributed by atoms with E-state index < -0.39 is 35.6 Å². The van der Waals surface area contributed by atoms with Gasteiger partial charge in [-0.3, -0.25) is 14.9 Å². The van der Waals surface area contributed by atoms with Crippen LogP contribution in [0.3, 0.4) is 0 Å². The van der Waals surface area contributed by atoms with E-state index in [0.29, 0.717) is 50.1 Å². The zero-order valence-electron chi connectivity index (χ0n) is 34.0. The maximum Gasteiger partial charge on any atom is 0.429 e. The van der Waals surface area contributed by atoms with Gasteiger partial charge >= 0.3 is 18.2 Å². The normalized spacial score (nSPS) is 17.6. The molecule has 13 nitrogen and oxygen atoms in total. The van der Waals surface area contributed by atoms with Crippen LogP contribution in [0.1, 0.15) is 64.9 Å². The molecule has 16 heteroatoms. The van der Waals surface area contributed by atoms with Crippen LogP contribution < -0.4 is 24.7 Å². The molecule has 5 heterocycles. The molecule has 2 amide bonds. The summed E-state index contributed by atoms with van der Waals surface area (Å²) in [6.45, 7) is 6.90. The molecular formula is C44H47F3N8O5. The molecular weight excluding hydrogens is 778 g/mol. The summed E-state index contributed by atoms with van der Waals surface area (Å²) in [7, 11) is 1.48. The van der Waals surface area contributed by atoms with Crippen molar-refractivity contribution in [1.29, 1.82) is 0 Å². The quantitative estimate of drug-likeness (QED) is 0.159. The van der Waals surface area contributed by atoms with Crippen molar-refractivity contribution in [3.63, 3.8) is 0 Å². The van der Waals surface area contributed by atoms with Gasteiger partial charge in [-0.2, -0.15) is 9.97 Å². The van der Waals surface area contributed by atoms with Crippen LogP contribution in [-0.2, 0) is 4.74 Å². The number of pyridine rings is 2. The third kappa shape index (κ3) is 9.31. The molecule has 2 atom stereocenters. The Morgan fingerprint density at radius 1 is 1.05 bits per heavy atom. The minimum atomic E-state index is -1.07. The number of hydrogen-bond acceptors (Lipinski definition) is 11. The van der Waals surface area contributed by atoms with Crippen molar-refractivity contribution in [2.45, 2.75) is 71.1 Å². The number of hydrazine groups is 1. The summed E-state index contributed by atoms with van der Waals surface area (Å²) >= 11 is 0. The Morgan fingerprint density at radius 3 is 2.63 bits per heavy atom. The van der Waals surface area contributed by atoms with Crippen molar-refractivity contribution in [3.8, 4) is 35.4 Å². The van der Waals surface area contributed by atoms with Crippen LogP contribution in [0.25, 0.3) is 32.9 Å². The Morgan fingerprint density at radius 2 is 1.87 bits per heavy atom. The summed E-state index contributed by atoms with van der Waals surface area (Å²) in [6.07, 6.45) is 10.2. The lowest BCUT2D eigenvalue weighted by molar-refractivity contribution is 0.0232. The predicted octanol–water partition coefficient (Wildman–Crippen LogP) is 8.38. The van der Waals surface area contributed by atoms with Crippen molar-refractivity contribution in [3.05, 3.63) is 72.1 Å². The van der Waals surface area contributed by atoms with Gasteiger partial charge in [0.1, 0.15) is 40.4 Å². The van der Waals surface area contributed by atoms with Gasteiger partial charge in [0.15, 0.2) is 11.6 Å². The Kier molecular flexibility index (Phi) is 12.6. The monoisotopic (exact) mass is 824 g/mol. The molecule has 2 saturated heterocycles. The molecule has 3 aromatic heterocycles. The number of fused-ring (bicyclic) bond motifs is 2. The Hall–Kier alpha value is -6.21. The van der Waals surface area contributed by atoms with Crippen LogP contribution in [0, 0.1) is 29.9 Å². The first-order valence-electron chi connectivity index (χ1n) is 20.0. The third-order valence-corrected chi connectivity index (χ3v) is 10.3. The van der Waals surface area contributed by atoms with Crippen molar-refractivity contribution in [2.24, 2.45) is 5.92 Å². The Labute approximate surface area is 346 Å². The smallest absolute Gasteiger partial charge is 0.429 e. The van der Waals surface area contributed by atoms with Gasteiger partial charge in [-0.1, -0.05) is 18.1 Å². The summed E-state index contributed by atoms with van der Waals surface area (Å²) in [4.78, 5) is 46.3. The number of anilines is 2. The number of benzene rings is 2. The molecule has 0 bridgehead atoms. The van der Waals surface area contributed by atoms with Gasteiger partial charge in [0, 0.05) is 50.0 Å². The molecule has 0 aliphatic carbocycles. The highest BCUT2D eigenvalue weighted by molar-refractivity contribution is 6.03. The standard InChI is InChI=1S/C44H47F3N8O5/c1-6-31-34(46)16-15-28-22-30(59-42(56)53(5)35-14-8-9-18-49-35)23-32(36(28)31)38-37(47)39-33(25-50-38)40(54-19-10-7-11-20-55(54)43(57)60-44(2,3)4)52-41(51-39)58-26-27-13-12-17-48-24-29(45)21-27/h1,8-9,14-16,18,22-23,25,27,29,48H,7,10-13,17,19-21,24,26H2,2-5H3/t27-,29-/m1/s1. The summed E-state index contributed by atoms with van der Waals surface area (Å²) in [5.74, 6) is 1.01. The van der Waals surface area contributed by atoms with E-state index in [9.17, 15) is 14.0 Å². The zero-order valence-corrected chi connectivity index (χ0v) is 34.0. The fourth-order valence-corrected chi connectivity index (χ4v) is 7.43. The van der Waals surface area contributed by atoms with E-state index in [2.05, 4.69) is 26.2 Å². The largest absolute Gasteiger partial charge is 0.463 e. The number of nitrogens with zero attached hydrogens (tertiary/aromatic N) is 7. The summed E-state index contributed by atoms with van der Waals surface area (Å²) in [5.41, 5.74) is -1.45. The minimum absolute atomic E-state index is 0.00769. The van der Waals surface area contributed by atoms with Gasteiger partial charge in [-0.05, 0) is 107 Å². The Balaban J connectivity index is 1.38. The number of terminal acetylenes is 1. The number of amides is 2. The van der Waals surface area contributed by atoms with Gasteiger partial charge in [-0.25, -0.2) is 32.8 Å². The summed E-state index contributed by atoms with van der Waals surface area (Å²) in [6, 6.07) is 10.3. The number of ether oxygens (including phenoxy) is 3. The van der Waals surface area contributed by atoms with Crippen LogP contribution in [0.5, 0.6) is 11.8 Å². The second-order valence-corrected chi connectivity index (χ2v) is 15.9. The molecule has 0 unspecified atom stereocenters. The summed E-state index contributed by atoms with van der Waals surface area (Å²) < 4.78 is 65.4. The van der Waals surface area contributed by atoms with E-state index in [4.69, 9.17) is 25.6 Å². The lowest BCUT2D eigenvalue weighted by Crippen LogP contribution is -2.49. The first-order valence-corrected chi connectivity index (χ1v) is 20.0. The minimum Gasteiger partial charge on any atom is -0.463 e. The van der Waals surface area contributed by atoms with Gasteiger partial charge in [0.2, 0.25) is 0 Å². The second kappa shape index (κ2) is 18.0. The molecule has 2 aromatic carbocycles. The van der Waals surface area contributed by atoms with Crippen molar-refractivity contribution < 1.29 is 37.0 Å². The van der Waals surface area contributed by atoms with E-state index in [-0.39, 0.29) is 76.2 Å². The molecule has 2 aliphatic rings. The second-order valence-electron chi connectivity index (χ2n) is 15.9. The van der Waals surface area contributed by atoms with Crippen LogP contribution in [0.4, 0.5) is 34.4 Å². The van der Waals surface area contributed by atoms with Gasteiger partial charge in [0.25, 0.3) is 0 Å². The lowest BCUT2D eigenvalue weighted by atomic mass is 9.95. The number of carbonyl (C=O) groups is 2. The molecule has 1 N–H and O–H groups in total. The average molecular weight is 825 g/mol. The molecule has 314 valence electrons. The fraction of sp³-hybridized carbons (Fsp3) is 0.409. The zero-order chi connectivity index (χ0) is 42.6. The molecule has 7 rings (SSSR count). The number of nitrogens with one attached hydrogen (secondary N) is 1. The van der Waals surface area contributed by atoms with E-state index in [1.54, 1.807) is 44.0 Å². The number of carbonyl (C=O) groups excluding carboxylic acids is 2. The third-order valence-electron chi connectivity index (χ3n) is 10.3. The van der Waals surface area contributed by atoms with Gasteiger partial charge in [-0.15, -0.1) is 6.42 Å². The van der Waals surface area contributed by atoms with Crippen LogP contribution in [-0.4, -0.2) is 88.7 Å². The Bertz CT molecular complexity index is 2430. The van der Waals surface area contributed by atoms with E-state index >= 15 is 8.78 Å². The molecule has 60 heavy (non-hydrogen) atoms. The number of alkyl halides is 1. The molecule has 2 aliphatic heterocycles. The first kappa shape index (κ1) is 41.9. The highest BCUT2D eigenvalue weighted by atomic mass is 19.1. The maximum atomic E-state index is 17.5. The molecule has 0 radical (unpaired) electrons. The van der Waals surface area contributed by atoms with E-state index in [0.717, 1.165) is 12.8 Å². The number of hydrogen-bond donors (Lipinski definition) is 1. The van der Waals surface area contributed by atoms with Gasteiger partial charge in [0.05, 0.1) is 17.6 Å². The molecule has 0 saturated carbocycles. The van der Waals surface area contributed by atoms with Crippen LogP contribution >= 0.6 is 0 Å². The van der Waals surface area contributed by atoms with E-state index in [1.807, 2.05) is 0 Å². The van der Waals surface area contributed by atoms with Crippen molar-refractivity contribution >= 4 is 45.5 Å². The number of halogens is 3. The maximum absolute atomic E-state index is 17.5. The number of aromatic nitrogens is 4. The van der Waals surface area contributed by atoms with Crippen LogP contribution in [0.2, 0.25) is 0 Å². The topological polar surface area (TPSA) is 135 Å². The van der Waals surface area contributed by atoms with Crippen LogP contribution in [0.15, 0.2) is 54.9 Å². The van der Waals surface area contributed by atoms with E-state index in [1.165, 1.54) is 53.6 Å². The highest BCUT2D eigenvalue weighted by Crippen LogP contribution is 2.40. The SMILES string of the molecule is C#Cc1c(F)ccc2cc(OC(=O)N(C)c3ccccn3)cc(-c3ncc4c(N5CCCCCN5C(=O)OC(C)(C)C)nc(OC[C@@H]5CCCNC[C@H](F)C5)nc4c3F)c12. The predicted molar refractivity (Wildman–Crippen MR) is 222 cm³/mol. The average Bonchev–Trinajstić information content (AvgIpc) is 3.47. The fourth-order valence-electron chi connectivity index (χ4n) is 7.43. The number of rotatable bonds is 7. The lowest BCUT2D eigenvalue weighted by Gasteiger charge is -2.35. The summed E-state index contributed by atoms with van der Waals surface area (Å²) in [5, 5.41) is 6.82. The van der Waals surface area contributed by atoms with Crippen molar-refractivity contribution in [2.75, 3.05) is 49.7 Å². The highest BCUT2D eigenvalue weighted by Gasteiger charge is 2.32. The van der Waals surface area contributed by atoms with Gasteiger partial charge < -0.3 is 19.5 Å². The van der Waals surface area contributed by atoms with Crippen molar-refractivity contribution in [1.82, 2.24) is 30.3 Å².